The van der Waals surface area contributed by atoms with Crippen LogP contribution in [-0.2, 0) is 11.2 Å². The minimum absolute atomic E-state index is 0.385. The number of ether oxygens (including phenoxy) is 2. The highest BCUT2D eigenvalue weighted by Gasteiger charge is 2.32. The summed E-state index contributed by atoms with van der Waals surface area (Å²) in [6.45, 7) is 9.49. The van der Waals surface area contributed by atoms with E-state index >= 15 is 0 Å². The molecule has 2 aliphatic rings. The van der Waals surface area contributed by atoms with E-state index < -0.39 is 0 Å². The van der Waals surface area contributed by atoms with Gasteiger partial charge in [0, 0.05) is 18.8 Å². The number of aryl methyl sites for hydroxylation is 1. The van der Waals surface area contributed by atoms with Crippen molar-refractivity contribution in [1.29, 1.82) is 0 Å². The third-order valence-corrected chi connectivity index (χ3v) is 6.69. The number of likely N-dealkylation sites (tertiary alicyclic amines) is 1. The summed E-state index contributed by atoms with van der Waals surface area (Å²) in [5.74, 6) is 1.49. The Bertz CT molecular complexity index is 814. The highest BCUT2D eigenvalue weighted by atomic mass is 16.5. The molecule has 0 saturated carbocycles. The molecule has 1 fully saturated rings. The van der Waals surface area contributed by atoms with Crippen LogP contribution in [0.5, 0.6) is 5.75 Å². The molecule has 0 aromatic heterocycles. The minimum atomic E-state index is 0.385. The standard InChI is InChI=1S/C27H38N2O2/c1-21(2)19-31-20-24(28-16-6-7-17-28)18-29-26-9-5-4-8-22(26)12-15-27(29)23-10-13-25(30-3)14-11-23/h4-5,8-11,13-14,21,24,27H,6-7,12,15-20H2,1-3H3. The van der Waals surface area contributed by atoms with Crippen LogP contribution in [0.15, 0.2) is 48.5 Å². The molecule has 0 spiro atoms. The summed E-state index contributed by atoms with van der Waals surface area (Å²) in [5.41, 5.74) is 4.23. The quantitative estimate of drug-likeness (QED) is 0.546. The summed E-state index contributed by atoms with van der Waals surface area (Å²) < 4.78 is 11.6. The molecule has 0 bridgehead atoms. The van der Waals surface area contributed by atoms with E-state index in [9.17, 15) is 0 Å². The van der Waals surface area contributed by atoms with Crippen molar-refractivity contribution in [2.24, 2.45) is 5.92 Å². The van der Waals surface area contributed by atoms with Crippen LogP contribution in [-0.4, -0.2) is 50.9 Å². The Morgan fingerprint density at radius 2 is 1.71 bits per heavy atom. The summed E-state index contributed by atoms with van der Waals surface area (Å²) in [4.78, 5) is 5.31. The average molecular weight is 423 g/mol. The Morgan fingerprint density at radius 3 is 2.42 bits per heavy atom. The Balaban J connectivity index is 1.60. The van der Waals surface area contributed by atoms with E-state index in [2.05, 4.69) is 72.2 Å². The van der Waals surface area contributed by atoms with Crippen molar-refractivity contribution in [2.45, 2.75) is 51.6 Å². The van der Waals surface area contributed by atoms with E-state index in [1.165, 1.54) is 42.7 Å². The number of para-hydroxylation sites is 1. The zero-order chi connectivity index (χ0) is 21.6. The number of nitrogens with zero attached hydrogens (tertiary/aromatic N) is 2. The number of benzene rings is 2. The fraction of sp³-hybridized carbons (Fsp3) is 0.556. The molecule has 31 heavy (non-hydrogen) atoms. The van der Waals surface area contributed by atoms with Gasteiger partial charge >= 0.3 is 0 Å². The maximum atomic E-state index is 6.19. The molecule has 2 atom stereocenters. The van der Waals surface area contributed by atoms with E-state index in [1.54, 1.807) is 7.11 Å². The molecule has 0 aliphatic carbocycles. The molecular weight excluding hydrogens is 384 g/mol. The van der Waals surface area contributed by atoms with Crippen molar-refractivity contribution >= 4 is 5.69 Å². The number of fused-ring (bicyclic) bond motifs is 1. The van der Waals surface area contributed by atoms with Crippen molar-refractivity contribution in [3.8, 4) is 5.75 Å². The SMILES string of the molecule is COc1ccc(C2CCc3ccccc3N2CC(COCC(C)C)N2CCCC2)cc1. The first kappa shape index (κ1) is 22.2. The van der Waals surface area contributed by atoms with Crippen LogP contribution in [0, 0.1) is 5.92 Å². The van der Waals surface area contributed by atoms with E-state index in [0.29, 0.717) is 18.0 Å². The van der Waals surface area contributed by atoms with Gasteiger partial charge in [-0.3, -0.25) is 4.90 Å². The van der Waals surface area contributed by atoms with Crippen LogP contribution < -0.4 is 9.64 Å². The van der Waals surface area contributed by atoms with Gasteiger partial charge in [0.25, 0.3) is 0 Å². The highest BCUT2D eigenvalue weighted by molar-refractivity contribution is 5.58. The fourth-order valence-electron chi connectivity index (χ4n) is 5.06. The predicted octanol–water partition coefficient (Wildman–Crippen LogP) is 5.33. The second kappa shape index (κ2) is 10.5. The Hall–Kier alpha value is -2.04. The number of hydrogen-bond acceptors (Lipinski definition) is 4. The largest absolute Gasteiger partial charge is 0.497 e. The van der Waals surface area contributed by atoms with Crippen LogP contribution in [0.4, 0.5) is 5.69 Å². The number of methoxy groups -OCH3 is 1. The van der Waals surface area contributed by atoms with Gasteiger partial charge < -0.3 is 14.4 Å². The zero-order valence-corrected chi connectivity index (χ0v) is 19.4. The first-order valence-electron chi connectivity index (χ1n) is 12.0. The van der Waals surface area contributed by atoms with Gasteiger partial charge in [0.05, 0.1) is 25.8 Å². The number of rotatable bonds is 9. The van der Waals surface area contributed by atoms with E-state index in [1.807, 2.05) is 0 Å². The van der Waals surface area contributed by atoms with Crippen molar-refractivity contribution < 1.29 is 9.47 Å². The molecule has 0 N–H and O–H groups in total. The van der Waals surface area contributed by atoms with Gasteiger partial charge in [0.2, 0.25) is 0 Å². The third kappa shape index (κ3) is 5.42. The molecule has 2 heterocycles. The monoisotopic (exact) mass is 422 g/mol. The van der Waals surface area contributed by atoms with Crippen LogP contribution in [0.1, 0.15) is 50.3 Å². The van der Waals surface area contributed by atoms with Crippen molar-refractivity contribution in [3.05, 3.63) is 59.7 Å². The second-order valence-corrected chi connectivity index (χ2v) is 9.44. The van der Waals surface area contributed by atoms with E-state index in [0.717, 1.165) is 38.3 Å². The lowest BCUT2D eigenvalue weighted by Crippen LogP contribution is -2.48. The van der Waals surface area contributed by atoms with Crippen LogP contribution in [0.2, 0.25) is 0 Å². The Labute approximate surface area is 188 Å². The molecule has 1 saturated heterocycles. The summed E-state index contributed by atoms with van der Waals surface area (Å²) >= 11 is 0. The fourth-order valence-corrected chi connectivity index (χ4v) is 5.06. The van der Waals surface area contributed by atoms with Gasteiger partial charge in [0.15, 0.2) is 0 Å². The Morgan fingerprint density at radius 1 is 0.968 bits per heavy atom. The highest BCUT2D eigenvalue weighted by Crippen LogP contribution is 2.39. The topological polar surface area (TPSA) is 24.9 Å². The van der Waals surface area contributed by atoms with Gasteiger partial charge in [-0.1, -0.05) is 44.2 Å². The predicted molar refractivity (Wildman–Crippen MR) is 128 cm³/mol. The summed E-state index contributed by atoms with van der Waals surface area (Å²) in [7, 11) is 1.73. The van der Waals surface area contributed by atoms with Crippen LogP contribution in [0.25, 0.3) is 0 Å². The summed E-state index contributed by atoms with van der Waals surface area (Å²) in [6, 6.07) is 18.4. The summed E-state index contributed by atoms with van der Waals surface area (Å²) in [5, 5.41) is 0. The average Bonchev–Trinajstić information content (AvgIpc) is 3.33. The lowest BCUT2D eigenvalue weighted by atomic mass is 9.90. The van der Waals surface area contributed by atoms with Crippen molar-refractivity contribution in [1.82, 2.24) is 4.90 Å². The Kier molecular flexibility index (Phi) is 7.52. The van der Waals surface area contributed by atoms with E-state index in [4.69, 9.17) is 9.47 Å². The van der Waals surface area contributed by atoms with Gasteiger partial charge in [-0.05, 0) is 74.0 Å². The smallest absolute Gasteiger partial charge is 0.118 e. The first-order chi connectivity index (χ1) is 15.2. The maximum Gasteiger partial charge on any atom is 0.118 e. The van der Waals surface area contributed by atoms with E-state index in [-0.39, 0.29) is 0 Å². The molecule has 4 heteroatoms. The molecule has 0 radical (unpaired) electrons. The summed E-state index contributed by atoms with van der Waals surface area (Å²) in [6.07, 6.45) is 4.88. The van der Waals surface area contributed by atoms with Crippen molar-refractivity contribution in [3.63, 3.8) is 0 Å². The lowest BCUT2D eigenvalue weighted by Gasteiger charge is -2.43. The molecule has 4 nitrogen and oxygen atoms in total. The lowest BCUT2D eigenvalue weighted by molar-refractivity contribution is 0.0560. The van der Waals surface area contributed by atoms with Crippen molar-refractivity contribution in [2.75, 3.05) is 44.9 Å². The van der Waals surface area contributed by atoms with Crippen LogP contribution >= 0.6 is 0 Å². The second-order valence-electron chi connectivity index (χ2n) is 9.44. The normalized spacial score (nSPS) is 20.1. The van der Waals surface area contributed by atoms with Gasteiger partial charge in [-0.15, -0.1) is 0 Å². The number of anilines is 1. The molecule has 2 aromatic carbocycles. The third-order valence-electron chi connectivity index (χ3n) is 6.69. The molecular formula is C27H38N2O2. The molecule has 2 unspecified atom stereocenters. The molecule has 4 rings (SSSR count). The molecule has 2 aromatic rings. The molecule has 2 aliphatic heterocycles. The zero-order valence-electron chi connectivity index (χ0n) is 19.4. The first-order valence-corrected chi connectivity index (χ1v) is 12.0. The van der Waals surface area contributed by atoms with Gasteiger partial charge in [-0.25, -0.2) is 0 Å². The molecule has 168 valence electrons. The van der Waals surface area contributed by atoms with Crippen LogP contribution in [0.3, 0.4) is 0 Å². The molecule has 0 amide bonds. The minimum Gasteiger partial charge on any atom is -0.497 e. The maximum absolute atomic E-state index is 6.19. The van der Waals surface area contributed by atoms with Gasteiger partial charge in [0.1, 0.15) is 5.75 Å². The van der Waals surface area contributed by atoms with Gasteiger partial charge in [-0.2, -0.15) is 0 Å². The number of hydrogen-bond donors (Lipinski definition) is 0.